The van der Waals surface area contributed by atoms with Crippen LogP contribution in [0.25, 0.3) is 10.1 Å². The minimum Gasteiger partial charge on any atom is -0.396 e. The van der Waals surface area contributed by atoms with E-state index in [1.165, 1.54) is 22.1 Å². The van der Waals surface area contributed by atoms with Crippen LogP contribution in [0.15, 0.2) is 29.6 Å². The molecule has 0 spiro atoms. The molecule has 1 unspecified atom stereocenters. The van der Waals surface area contributed by atoms with Crippen molar-refractivity contribution in [3.63, 3.8) is 0 Å². The molecule has 2 aromatic rings. The fraction of sp³-hybridized carbons (Fsp3) is 0.429. The van der Waals surface area contributed by atoms with Gasteiger partial charge in [-0.2, -0.15) is 0 Å². The van der Waals surface area contributed by atoms with Gasteiger partial charge >= 0.3 is 0 Å². The number of hydrogen-bond acceptors (Lipinski definition) is 3. The van der Waals surface area contributed by atoms with Crippen molar-refractivity contribution >= 4 is 21.4 Å². The molecule has 0 amide bonds. The number of benzene rings is 1. The van der Waals surface area contributed by atoms with Crippen molar-refractivity contribution in [2.24, 2.45) is 11.1 Å². The molecule has 1 fully saturated rings. The Morgan fingerprint density at radius 2 is 2.12 bits per heavy atom. The predicted molar refractivity (Wildman–Crippen MR) is 72.1 cm³/mol. The fourth-order valence-corrected chi connectivity index (χ4v) is 3.76. The molecule has 1 atom stereocenters. The van der Waals surface area contributed by atoms with Crippen molar-refractivity contribution in [3.8, 4) is 0 Å². The highest BCUT2D eigenvalue weighted by Gasteiger charge is 2.43. The van der Waals surface area contributed by atoms with Gasteiger partial charge in [0.05, 0.1) is 6.61 Å². The van der Waals surface area contributed by atoms with Crippen molar-refractivity contribution in [1.82, 2.24) is 0 Å². The summed E-state index contributed by atoms with van der Waals surface area (Å²) in [5.74, 6) is 0. The van der Waals surface area contributed by atoms with Gasteiger partial charge in [-0.25, -0.2) is 0 Å². The van der Waals surface area contributed by atoms with Crippen LogP contribution in [0.2, 0.25) is 0 Å². The Labute approximate surface area is 105 Å². The van der Waals surface area contributed by atoms with E-state index in [2.05, 4.69) is 29.6 Å². The number of nitrogens with two attached hydrogens (primary N) is 1. The summed E-state index contributed by atoms with van der Waals surface area (Å²) in [6.45, 7) is 0.207. The van der Waals surface area contributed by atoms with Gasteiger partial charge < -0.3 is 10.8 Å². The summed E-state index contributed by atoms with van der Waals surface area (Å²) >= 11 is 1.74. The summed E-state index contributed by atoms with van der Waals surface area (Å²) < 4.78 is 1.28. The largest absolute Gasteiger partial charge is 0.396 e. The molecule has 3 N–H and O–H groups in total. The molecule has 1 aliphatic carbocycles. The molecule has 3 rings (SSSR count). The quantitative estimate of drug-likeness (QED) is 0.875. The van der Waals surface area contributed by atoms with E-state index in [0.717, 1.165) is 12.8 Å². The predicted octanol–water partition coefficient (Wildman–Crippen LogP) is 3.06. The molecule has 1 aliphatic rings. The zero-order valence-corrected chi connectivity index (χ0v) is 10.5. The summed E-state index contributed by atoms with van der Waals surface area (Å²) in [5, 5.41) is 13.0. The number of fused-ring (bicyclic) bond motifs is 1. The Kier molecular flexibility index (Phi) is 2.69. The maximum atomic E-state index is 9.60. The van der Waals surface area contributed by atoms with Gasteiger partial charge in [0.15, 0.2) is 0 Å². The maximum absolute atomic E-state index is 9.60. The van der Waals surface area contributed by atoms with Gasteiger partial charge in [0.1, 0.15) is 0 Å². The first kappa shape index (κ1) is 11.2. The normalized spacial score (nSPS) is 20.1. The van der Waals surface area contributed by atoms with E-state index in [1.807, 2.05) is 0 Å². The van der Waals surface area contributed by atoms with Crippen molar-refractivity contribution in [1.29, 1.82) is 0 Å². The van der Waals surface area contributed by atoms with E-state index in [-0.39, 0.29) is 18.1 Å². The highest BCUT2D eigenvalue weighted by Crippen LogP contribution is 2.50. The van der Waals surface area contributed by atoms with E-state index in [0.29, 0.717) is 0 Å². The van der Waals surface area contributed by atoms with Crippen LogP contribution in [0.3, 0.4) is 0 Å². The molecule has 3 heteroatoms. The molecular weight excluding hydrogens is 230 g/mol. The lowest BCUT2D eigenvalue weighted by molar-refractivity contribution is 0.0189. The first-order valence-electron chi connectivity index (χ1n) is 6.09. The second-order valence-electron chi connectivity index (χ2n) is 5.04. The first-order valence-corrected chi connectivity index (χ1v) is 6.97. The fourth-order valence-electron chi connectivity index (χ4n) is 2.77. The van der Waals surface area contributed by atoms with Gasteiger partial charge in [-0.05, 0) is 35.2 Å². The number of aliphatic hydroxyl groups excluding tert-OH is 1. The Bertz CT molecular complexity index is 524. The maximum Gasteiger partial charge on any atom is 0.0505 e. The third-order valence-corrected chi connectivity index (χ3v) is 5.15. The van der Waals surface area contributed by atoms with Gasteiger partial charge in [0, 0.05) is 16.2 Å². The topological polar surface area (TPSA) is 46.2 Å². The molecule has 1 aromatic heterocycles. The van der Waals surface area contributed by atoms with Gasteiger partial charge in [0.25, 0.3) is 0 Å². The van der Waals surface area contributed by atoms with Crippen molar-refractivity contribution in [2.45, 2.75) is 25.3 Å². The molecule has 1 aromatic carbocycles. The first-order chi connectivity index (χ1) is 8.27. The van der Waals surface area contributed by atoms with Gasteiger partial charge in [-0.1, -0.05) is 24.6 Å². The lowest BCUT2D eigenvalue weighted by Gasteiger charge is -2.45. The van der Waals surface area contributed by atoms with Crippen LogP contribution in [0.1, 0.15) is 30.9 Å². The van der Waals surface area contributed by atoms with Crippen LogP contribution in [-0.2, 0) is 0 Å². The van der Waals surface area contributed by atoms with Gasteiger partial charge in [-0.15, -0.1) is 11.3 Å². The molecule has 0 bridgehead atoms. The zero-order chi connectivity index (χ0) is 11.9. The van der Waals surface area contributed by atoms with Crippen LogP contribution in [0, 0.1) is 5.41 Å². The number of hydrogen-bond donors (Lipinski definition) is 2. The minimum absolute atomic E-state index is 0.0302. The summed E-state index contributed by atoms with van der Waals surface area (Å²) in [6.07, 6.45) is 3.29. The van der Waals surface area contributed by atoms with Gasteiger partial charge in [-0.3, -0.25) is 0 Å². The monoisotopic (exact) mass is 247 g/mol. The third kappa shape index (κ3) is 1.61. The highest BCUT2D eigenvalue weighted by molar-refractivity contribution is 7.17. The SMILES string of the molecule is NC(c1csc2ccccc12)C1(CO)CCC1. The zero-order valence-electron chi connectivity index (χ0n) is 9.73. The Hall–Kier alpha value is -0.900. The Balaban J connectivity index is 2.03. The molecule has 2 nitrogen and oxygen atoms in total. The molecule has 17 heavy (non-hydrogen) atoms. The van der Waals surface area contributed by atoms with Crippen LogP contribution in [0.5, 0.6) is 0 Å². The number of rotatable bonds is 3. The average molecular weight is 247 g/mol. The molecule has 1 heterocycles. The number of aliphatic hydroxyl groups is 1. The molecule has 90 valence electrons. The van der Waals surface area contributed by atoms with E-state index in [4.69, 9.17) is 5.73 Å². The molecule has 0 aliphatic heterocycles. The molecule has 0 saturated heterocycles. The highest BCUT2D eigenvalue weighted by atomic mass is 32.1. The lowest BCUT2D eigenvalue weighted by Crippen LogP contribution is -2.43. The summed E-state index contributed by atoms with van der Waals surface area (Å²) in [6, 6.07) is 8.34. The molecule has 1 saturated carbocycles. The van der Waals surface area contributed by atoms with Gasteiger partial charge in [0.2, 0.25) is 0 Å². The van der Waals surface area contributed by atoms with Crippen LogP contribution < -0.4 is 5.73 Å². The van der Waals surface area contributed by atoms with E-state index >= 15 is 0 Å². The molecular formula is C14H17NOS. The third-order valence-electron chi connectivity index (χ3n) is 4.17. The standard InChI is InChI=1S/C14H17NOS/c15-13(14(9-16)6-3-7-14)11-8-17-12-5-2-1-4-10(11)12/h1-2,4-5,8,13,16H,3,6-7,9,15H2. The van der Waals surface area contributed by atoms with Crippen molar-refractivity contribution in [3.05, 3.63) is 35.2 Å². The van der Waals surface area contributed by atoms with Crippen LogP contribution >= 0.6 is 11.3 Å². The lowest BCUT2D eigenvalue weighted by atomic mass is 9.63. The smallest absolute Gasteiger partial charge is 0.0505 e. The van der Waals surface area contributed by atoms with E-state index in [9.17, 15) is 5.11 Å². The van der Waals surface area contributed by atoms with E-state index in [1.54, 1.807) is 11.3 Å². The molecule has 0 radical (unpaired) electrons. The minimum atomic E-state index is -0.0656. The average Bonchev–Trinajstić information content (AvgIpc) is 2.71. The van der Waals surface area contributed by atoms with Crippen molar-refractivity contribution in [2.75, 3.05) is 6.61 Å². The Morgan fingerprint density at radius 3 is 2.76 bits per heavy atom. The summed E-state index contributed by atoms with van der Waals surface area (Å²) in [4.78, 5) is 0. The van der Waals surface area contributed by atoms with Crippen LogP contribution in [0.4, 0.5) is 0 Å². The summed E-state index contributed by atoms with van der Waals surface area (Å²) in [5.41, 5.74) is 7.55. The van der Waals surface area contributed by atoms with Crippen molar-refractivity contribution < 1.29 is 5.11 Å². The Morgan fingerprint density at radius 1 is 1.35 bits per heavy atom. The number of thiophene rings is 1. The second-order valence-corrected chi connectivity index (χ2v) is 5.95. The van der Waals surface area contributed by atoms with E-state index < -0.39 is 0 Å². The summed E-state index contributed by atoms with van der Waals surface area (Å²) in [7, 11) is 0. The van der Waals surface area contributed by atoms with Crippen LogP contribution in [-0.4, -0.2) is 11.7 Å². The second kappa shape index (κ2) is 4.09.